The number of carboxylic acid groups (broad SMARTS) is 1. The van der Waals surface area contributed by atoms with Crippen molar-refractivity contribution in [2.75, 3.05) is 52.5 Å². The Kier molecular flexibility index (Phi) is 9.08. The molecular weight excluding hydrogens is 426 g/mol. The Bertz CT molecular complexity index is 888. The Hall–Kier alpha value is -3.59. The first-order valence-electron chi connectivity index (χ1n) is 10.9. The van der Waals surface area contributed by atoms with E-state index in [0.29, 0.717) is 32.8 Å². The first kappa shape index (κ1) is 24.1. The Morgan fingerprint density at radius 3 is 2.18 bits per heavy atom. The molecule has 2 aromatic carbocycles. The van der Waals surface area contributed by atoms with E-state index in [1.54, 1.807) is 0 Å². The largest absolute Gasteiger partial charge is 0.492 e. The van der Waals surface area contributed by atoms with Crippen LogP contribution in [0.5, 0.6) is 5.75 Å². The molecule has 2 aromatic rings. The highest BCUT2D eigenvalue weighted by Crippen LogP contribution is 2.24. The smallest absolute Gasteiger partial charge is 0.410 e. The van der Waals surface area contributed by atoms with Gasteiger partial charge in [0.25, 0.3) is 6.47 Å². The van der Waals surface area contributed by atoms with Gasteiger partial charge in [-0.25, -0.2) is 4.79 Å². The molecule has 4 rings (SSSR count). The molecular formula is C24H29N3O6. The second-order valence-corrected chi connectivity index (χ2v) is 7.61. The van der Waals surface area contributed by atoms with Gasteiger partial charge in [0.1, 0.15) is 25.5 Å². The molecule has 2 saturated heterocycles. The number of hydrogen-bond donors (Lipinski definition) is 1. The molecule has 176 valence electrons. The van der Waals surface area contributed by atoms with Crippen LogP contribution in [-0.4, -0.2) is 90.8 Å². The Morgan fingerprint density at radius 2 is 1.61 bits per heavy atom. The normalized spacial score (nSPS) is 16.9. The molecule has 2 aliphatic heterocycles. The fourth-order valence-electron chi connectivity index (χ4n) is 3.90. The zero-order chi connectivity index (χ0) is 23.5. The van der Waals surface area contributed by atoms with Gasteiger partial charge >= 0.3 is 6.09 Å². The average Bonchev–Trinajstić information content (AvgIpc) is 3.25. The SMILES string of the molecule is O=C(CN1CCOC1=O)N1CCN(C(COc2ccccc2)c2ccccc2)CC1.O=CO. The highest BCUT2D eigenvalue weighted by molar-refractivity contribution is 5.83. The number of nitrogens with zero attached hydrogens (tertiary/aromatic N) is 3. The number of hydrogen-bond acceptors (Lipinski definition) is 6. The molecule has 1 unspecified atom stereocenters. The van der Waals surface area contributed by atoms with E-state index in [1.807, 2.05) is 53.4 Å². The molecule has 0 aliphatic carbocycles. The van der Waals surface area contributed by atoms with Crippen molar-refractivity contribution in [2.24, 2.45) is 0 Å². The standard InChI is InChI=1S/C23H27N3O4.CH2O2/c27-22(17-26-15-16-29-23(26)28)25-13-11-24(12-14-25)21(19-7-3-1-4-8-19)18-30-20-9-5-2-6-10-20;2-1-3/h1-10,21H,11-18H2;1H,(H,2,3). The van der Waals surface area contributed by atoms with E-state index in [0.717, 1.165) is 18.8 Å². The van der Waals surface area contributed by atoms with E-state index in [-0.39, 0.29) is 25.0 Å². The highest BCUT2D eigenvalue weighted by Gasteiger charge is 2.30. The Labute approximate surface area is 193 Å². The predicted molar refractivity (Wildman–Crippen MR) is 121 cm³/mol. The number of rotatable bonds is 7. The zero-order valence-electron chi connectivity index (χ0n) is 18.4. The summed E-state index contributed by atoms with van der Waals surface area (Å²) in [7, 11) is 0. The molecule has 1 atom stereocenters. The third-order valence-corrected chi connectivity index (χ3v) is 5.61. The summed E-state index contributed by atoms with van der Waals surface area (Å²) in [5.74, 6) is 0.829. The third kappa shape index (κ3) is 6.95. The van der Waals surface area contributed by atoms with Crippen molar-refractivity contribution < 1.29 is 29.0 Å². The van der Waals surface area contributed by atoms with E-state index in [2.05, 4.69) is 17.0 Å². The van der Waals surface area contributed by atoms with E-state index >= 15 is 0 Å². The first-order valence-corrected chi connectivity index (χ1v) is 10.9. The maximum absolute atomic E-state index is 12.6. The molecule has 0 bridgehead atoms. The van der Waals surface area contributed by atoms with Gasteiger partial charge in [-0.3, -0.25) is 19.4 Å². The number of carbonyl (C=O) groups is 3. The van der Waals surface area contributed by atoms with E-state index in [1.165, 1.54) is 10.5 Å². The summed E-state index contributed by atoms with van der Waals surface area (Å²) < 4.78 is 11.0. The summed E-state index contributed by atoms with van der Waals surface area (Å²) in [6, 6.07) is 20.3. The molecule has 1 N–H and O–H groups in total. The molecule has 33 heavy (non-hydrogen) atoms. The predicted octanol–water partition coefficient (Wildman–Crippen LogP) is 2.10. The number of benzene rings is 2. The second kappa shape index (κ2) is 12.4. The molecule has 0 radical (unpaired) electrons. The minimum Gasteiger partial charge on any atom is -0.492 e. The molecule has 0 aromatic heterocycles. The lowest BCUT2D eigenvalue weighted by Gasteiger charge is -2.39. The van der Waals surface area contributed by atoms with E-state index in [4.69, 9.17) is 19.4 Å². The van der Waals surface area contributed by atoms with Gasteiger partial charge in [-0.2, -0.15) is 0 Å². The monoisotopic (exact) mass is 455 g/mol. The van der Waals surface area contributed by atoms with Crippen molar-refractivity contribution in [3.05, 3.63) is 66.2 Å². The summed E-state index contributed by atoms with van der Waals surface area (Å²) in [5, 5.41) is 6.89. The summed E-state index contributed by atoms with van der Waals surface area (Å²) in [5.41, 5.74) is 1.20. The maximum atomic E-state index is 12.6. The number of piperazine rings is 1. The van der Waals surface area contributed by atoms with Crippen LogP contribution in [0.15, 0.2) is 60.7 Å². The van der Waals surface area contributed by atoms with Crippen molar-refractivity contribution in [3.63, 3.8) is 0 Å². The van der Waals surface area contributed by atoms with Gasteiger partial charge in [0, 0.05) is 26.2 Å². The Balaban J connectivity index is 0.000000968. The zero-order valence-corrected chi connectivity index (χ0v) is 18.4. The third-order valence-electron chi connectivity index (χ3n) is 5.61. The van der Waals surface area contributed by atoms with Crippen molar-refractivity contribution in [2.45, 2.75) is 6.04 Å². The van der Waals surface area contributed by atoms with Crippen LogP contribution in [0.1, 0.15) is 11.6 Å². The summed E-state index contributed by atoms with van der Waals surface area (Å²) >= 11 is 0. The lowest BCUT2D eigenvalue weighted by molar-refractivity contribution is -0.134. The van der Waals surface area contributed by atoms with Crippen LogP contribution in [0.3, 0.4) is 0 Å². The molecule has 0 saturated carbocycles. The molecule has 2 fully saturated rings. The second-order valence-electron chi connectivity index (χ2n) is 7.61. The molecule has 0 spiro atoms. The number of ether oxygens (including phenoxy) is 2. The van der Waals surface area contributed by atoms with Gasteiger partial charge in [-0.1, -0.05) is 48.5 Å². The number of para-hydroxylation sites is 1. The van der Waals surface area contributed by atoms with Crippen LogP contribution in [0.25, 0.3) is 0 Å². The lowest BCUT2D eigenvalue weighted by Crippen LogP contribution is -2.52. The van der Waals surface area contributed by atoms with Crippen molar-refractivity contribution in [3.8, 4) is 5.75 Å². The minimum absolute atomic E-state index is 0.0229. The van der Waals surface area contributed by atoms with Crippen LogP contribution in [0.4, 0.5) is 4.79 Å². The van der Waals surface area contributed by atoms with Crippen LogP contribution < -0.4 is 4.74 Å². The van der Waals surface area contributed by atoms with Gasteiger partial charge < -0.3 is 19.5 Å². The quantitative estimate of drug-likeness (QED) is 0.639. The maximum Gasteiger partial charge on any atom is 0.410 e. The molecule has 9 heteroatoms. The number of carbonyl (C=O) groups excluding carboxylic acids is 2. The van der Waals surface area contributed by atoms with Crippen LogP contribution in [-0.2, 0) is 14.3 Å². The van der Waals surface area contributed by atoms with Crippen molar-refractivity contribution in [1.82, 2.24) is 14.7 Å². The van der Waals surface area contributed by atoms with Gasteiger partial charge in [0.05, 0.1) is 12.6 Å². The molecule has 2 heterocycles. The summed E-state index contributed by atoms with van der Waals surface area (Å²) in [6.45, 7) is 4.02. The summed E-state index contributed by atoms with van der Waals surface area (Å²) in [6.07, 6.45) is -0.399. The van der Waals surface area contributed by atoms with Gasteiger partial charge in [0.15, 0.2) is 0 Å². The van der Waals surface area contributed by atoms with Crippen LogP contribution in [0.2, 0.25) is 0 Å². The molecule has 9 nitrogen and oxygen atoms in total. The van der Waals surface area contributed by atoms with Gasteiger partial charge in [-0.05, 0) is 17.7 Å². The number of cyclic esters (lactones) is 1. The molecule has 2 amide bonds. The first-order chi connectivity index (χ1) is 16.1. The van der Waals surface area contributed by atoms with E-state index < -0.39 is 6.09 Å². The Morgan fingerprint density at radius 1 is 1.00 bits per heavy atom. The minimum atomic E-state index is -0.399. The average molecular weight is 456 g/mol. The fourth-order valence-corrected chi connectivity index (χ4v) is 3.90. The highest BCUT2D eigenvalue weighted by atomic mass is 16.6. The van der Waals surface area contributed by atoms with Crippen molar-refractivity contribution in [1.29, 1.82) is 0 Å². The topological polar surface area (TPSA) is 99.6 Å². The van der Waals surface area contributed by atoms with E-state index in [9.17, 15) is 9.59 Å². The van der Waals surface area contributed by atoms with Gasteiger partial charge in [0.2, 0.25) is 5.91 Å². The lowest BCUT2D eigenvalue weighted by atomic mass is 10.0. The fraction of sp³-hybridized carbons (Fsp3) is 0.375. The van der Waals surface area contributed by atoms with Crippen LogP contribution >= 0.6 is 0 Å². The molecule has 2 aliphatic rings. The van der Waals surface area contributed by atoms with Gasteiger partial charge in [-0.15, -0.1) is 0 Å². The summed E-state index contributed by atoms with van der Waals surface area (Å²) in [4.78, 5) is 38.2. The number of amides is 2. The van der Waals surface area contributed by atoms with Crippen molar-refractivity contribution >= 4 is 18.5 Å². The van der Waals surface area contributed by atoms with Crippen LogP contribution in [0, 0.1) is 0 Å².